The van der Waals surface area contributed by atoms with E-state index in [1.807, 2.05) is 57.2 Å². The molecule has 1 N–H and O–H groups in total. The number of carbonyl (C=O) groups excluding carboxylic acids is 1. The maximum atomic E-state index is 13.5. The highest BCUT2D eigenvalue weighted by Gasteiger charge is 2.19. The normalized spacial score (nSPS) is 11.2. The fraction of sp³-hybridized carbons (Fsp3) is 0.280. The maximum Gasteiger partial charge on any atom is 0.280 e. The predicted molar refractivity (Wildman–Crippen MR) is 137 cm³/mol. The van der Waals surface area contributed by atoms with Crippen LogP contribution in [0, 0.1) is 13.8 Å². The predicted octanol–water partition coefficient (Wildman–Crippen LogP) is 4.34. The summed E-state index contributed by atoms with van der Waals surface area (Å²) >= 11 is 7.27. The van der Waals surface area contributed by atoms with Crippen LogP contribution in [0.2, 0.25) is 5.02 Å². The minimum Gasteiger partial charge on any atom is -0.351 e. The van der Waals surface area contributed by atoms with Gasteiger partial charge in [-0.1, -0.05) is 65.3 Å². The average Bonchev–Trinajstić information content (AvgIpc) is 3.16. The first-order valence-corrected chi connectivity index (χ1v) is 12.4. The first kappa shape index (κ1) is 24.0. The molecule has 2 aromatic heterocycles. The summed E-state index contributed by atoms with van der Waals surface area (Å²) in [4.78, 5) is 30.8. The molecule has 4 aromatic rings. The van der Waals surface area contributed by atoms with Crippen molar-refractivity contribution < 1.29 is 4.79 Å². The van der Waals surface area contributed by atoms with Crippen LogP contribution in [0.5, 0.6) is 0 Å². The van der Waals surface area contributed by atoms with E-state index in [2.05, 4.69) is 10.4 Å². The monoisotopic (exact) mass is 495 g/mol. The minimum absolute atomic E-state index is 0.126. The number of hydrogen-bond donors (Lipinski definition) is 1. The van der Waals surface area contributed by atoms with Crippen molar-refractivity contribution in [2.24, 2.45) is 0 Å². The number of thioether (sulfide) groups is 1. The van der Waals surface area contributed by atoms with Gasteiger partial charge < -0.3 is 5.32 Å². The summed E-state index contributed by atoms with van der Waals surface area (Å²) in [5.74, 6) is 0.0183. The first-order valence-electron chi connectivity index (χ1n) is 11.0. The molecule has 1 amide bonds. The smallest absolute Gasteiger partial charge is 0.280 e. The molecule has 0 unspecified atom stereocenters. The summed E-state index contributed by atoms with van der Waals surface area (Å²) in [6.45, 7) is 7.14. The maximum absolute atomic E-state index is 13.5. The van der Waals surface area contributed by atoms with E-state index < -0.39 is 0 Å². The van der Waals surface area contributed by atoms with Crippen molar-refractivity contribution in [2.45, 2.75) is 45.6 Å². The third kappa shape index (κ3) is 5.34. The van der Waals surface area contributed by atoms with E-state index >= 15 is 0 Å². The molecule has 2 heterocycles. The van der Waals surface area contributed by atoms with E-state index in [0.29, 0.717) is 46.5 Å². The number of hydrogen-bond acceptors (Lipinski definition) is 5. The van der Waals surface area contributed by atoms with Crippen LogP contribution in [0.15, 0.2) is 58.5 Å². The second-order valence-corrected chi connectivity index (χ2v) is 9.44. The minimum atomic E-state index is -0.176. The van der Waals surface area contributed by atoms with Crippen LogP contribution in [0.3, 0.4) is 0 Å². The molecule has 0 atom stereocenters. The second kappa shape index (κ2) is 10.4. The van der Waals surface area contributed by atoms with Crippen LogP contribution in [0.1, 0.15) is 29.3 Å². The number of aromatic nitrogens is 4. The Morgan fingerprint density at radius 1 is 1.06 bits per heavy atom. The zero-order valence-corrected chi connectivity index (χ0v) is 20.9. The quantitative estimate of drug-likeness (QED) is 0.290. The largest absolute Gasteiger partial charge is 0.351 e. The number of amides is 1. The molecule has 0 aliphatic rings. The van der Waals surface area contributed by atoms with Crippen LogP contribution >= 0.6 is 23.4 Å². The van der Waals surface area contributed by atoms with Gasteiger partial charge >= 0.3 is 0 Å². The van der Waals surface area contributed by atoms with Gasteiger partial charge in [-0.25, -0.2) is 4.98 Å². The van der Waals surface area contributed by atoms with Gasteiger partial charge in [0, 0.05) is 18.1 Å². The Hall–Kier alpha value is -3.10. The molecule has 176 valence electrons. The lowest BCUT2D eigenvalue weighted by molar-refractivity contribution is -0.118. The Morgan fingerprint density at radius 3 is 2.41 bits per heavy atom. The molecule has 9 heteroatoms. The third-order valence-electron chi connectivity index (χ3n) is 5.48. The van der Waals surface area contributed by atoms with Gasteiger partial charge in [0.1, 0.15) is 5.52 Å². The Balaban J connectivity index is 1.59. The highest BCUT2D eigenvalue weighted by molar-refractivity contribution is 7.99. The zero-order chi connectivity index (χ0) is 24.2. The molecule has 0 radical (unpaired) electrons. The summed E-state index contributed by atoms with van der Waals surface area (Å²) in [5.41, 5.74) is 4.68. The molecule has 7 nitrogen and oxygen atoms in total. The Kier molecular flexibility index (Phi) is 7.38. The van der Waals surface area contributed by atoms with Gasteiger partial charge in [0.15, 0.2) is 10.7 Å². The Bertz CT molecular complexity index is 1380. The SMILES string of the molecule is CCn1nc(C)c2nc(SCC(=O)NCc3ccc(C)cc3)n(Cc3ccc(Cl)cc3)c(=O)c21. The summed E-state index contributed by atoms with van der Waals surface area (Å²) < 4.78 is 3.29. The van der Waals surface area contributed by atoms with Crippen LogP contribution in [0.25, 0.3) is 11.0 Å². The van der Waals surface area contributed by atoms with Gasteiger partial charge in [0.25, 0.3) is 5.56 Å². The fourth-order valence-electron chi connectivity index (χ4n) is 3.63. The van der Waals surface area contributed by atoms with Gasteiger partial charge in [0.2, 0.25) is 5.91 Å². The molecule has 2 aromatic carbocycles. The van der Waals surface area contributed by atoms with Crippen molar-refractivity contribution in [3.63, 3.8) is 0 Å². The number of nitrogens with zero attached hydrogens (tertiary/aromatic N) is 4. The van der Waals surface area contributed by atoms with E-state index in [4.69, 9.17) is 16.6 Å². The highest BCUT2D eigenvalue weighted by atomic mass is 35.5. The van der Waals surface area contributed by atoms with Gasteiger partial charge in [-0.05, 0) is 44.0 Å². The number of halogens is 1. The Morgan fingerprint density at radius 2 is 1.74 bits per heavy atom. The fourth-order valence-corrected chi connectivity index (χ4v) is 4.57. The standard InChI is InChI=1S/C25H26ClN5O2S/c1-4-31-23-22(17(3)29-31)28-25(30(24(23)33)14-19-9-11-20(26)12-10-19)34-15-21(32)27-13-18-7-5-16(2)6-8-18/h5-12H,4,13-15H2,1-3H3,(H,27,32). The molecule has 0 saturated carbocycles. The van der Waals surface area contributed by atoms with Gasteiger partial charge in [-0.15, -0.1) is 0 Å². The van der Waals surface area contributed by atoms with Crippen molar-refractivity contribution in [3.05, 3.63) is 86.3 Å². The number of aryl methyl sites for hydroxylation is 3. The second-order valence-electron chi connectivity index (χ2n) is 8.06. The van der Waals surface area contributed by atoms with Crippen molar-refractivity contribution in [3.8, 4) is 0 Å². The molecule has 0 saturated heterocycles. The molecule has 0 bridgehead atoms. The lowest BCUT2D eigenvalue weighted by Crippen LogP contribution is -2.27. The van der Waals surface area contributed by atoms with Crippen molar-refractivity contribution in [1.29, 1.82) is 0 Å². The molecule has 0 fully saturated rings. The lowest BCUT2D eigenvalue weighted by atomic mass is 10.1. The number of benzene rings is 2. The first-order chi connectivity index (χ1) is 16.4. The summed E-state index contributed by atoms with van der Waals surface area (Å²) in [5, 5.41) is 8.52. The summed E-state index contributed by atoms with van der Waals surface area (Å²) in [6, 6.07) is 15.4. The highest BCUT2D eigenvalue weighted by Crippen LogP contribution is 2.21. The number of fused-ring (bicyclic) bond motifs is 1. The average molecular weight is 496 g/mol. The van der Waals surface area contributed by atoms with Gasteiger partial charge in [0.05, 0.1) is 18.0 Å². The topological polar surface area (TPSA) is 81.8 Å². The molecular weight excluding hydrogens is 470 g/mol. The zero-order valence-electron chi connectivity index (χ0n) is 19.3. The lowest BCUT2D eigenvalue weighted by Gasteiger charge is -2.13. The number of rotatable bonds is 8. The van der Waals surface area contributed by atoms with E-state index in [1.165, 1.54) is 17.3 Å². The van der Waals surface area contributed by atoms with Crippen LogP contribution in [0.4, 0.5) is 0 Å². The van der Waals surface area contributed by atoms with E-state index in [1.54, 1.807) is 21.4 Å². The van der Waals surface area contributed by atoms with E-state index in [-0.39, 0.29) is 17.2 Å². The van der Waals surface area contributed by atoms with E-state index in [0.717, 1.165) is 11.1 Å². The van der Waals surface area contributed by atoms with Gasteiger partial charge in [-0.3, -0.25) is 18.8 Å². The van der Waals surface area contributed by atoms with Crippen molar-refractivity contribution in [1.82, 2.24) is 24.6 Å². The molecule has 0 aliphatic heterocycles. The molecule has 34 heavy (non-hydrogen) atoms. The van der Waals surface area contributed by atoms with Crippen molar-refractivity contribution >= 4 is 40.3 Å². The van der Waals surface area contributed by atoms with E-state index in [9.17, 15) is 9.59 Å². The summed E-state index contributed by atoms with van der Waals surface area (Å²) in [6.07, 6.45) is 0. The third-order valence-corrected chi connectivity index (χ3v) is 6.71. The Labute approximate surface area is 207 Å². The van der Waals surface area contributed by atoms with Crippen LogP contribution < -0.4 is 10.9 Å². The molecule has 0 aliphatic carbocycles. The van der Waals surface area contributed by atoms with Crippen LogP contribution in [-0.4, -0.2) is 31.0 Å². The molecule has 0 spiro atoms. The van der Waals surface area contributed by atoms with Crippen LogP contribution in [-0.2, 0) is 24.4 Å². The van der Waals surface area contributed by atoms with Crippen molar-refractivity contribution in [2.75, 3.05) is 5.75 Å². The molecule has 4 rings (SSSR count). The van der Waals surface area contributed by atoms with Gasteiger partial charge in [-0.2, -0.15) is 5.10 Å². The summed E-state index contributed by atoms with van der Waals surface area (Å²) in [7, 11) is 0. The molecular formula is C25H26ClN5O2S. The number of carbonyl (C=O) groups is 1. The number of nitrogens with one attached hydrogen (secondary N) is 1.